The predicted octanol–water partition coefficient (Wildman–Crippen LogP) is 2.51. The van der Waals surface area contributed by atoms with Gasteiger partial charge in [-0.15, -0.1) is 0 Å². The summed E-state index contributed by atoms with van der Waals surface area (Å²) in [5.41, 5.74) is -0.313. The van der Waals surface area contributed by atoms with E-state index >= 15 is 0 Å². The zero-order chi connectivity index (χ0) is 14.3. The van der Waals surface area contributed by atoms with Gasteiger partial charge in [-0.25, -0.2) is 4.79 Å². The lowest BCUT2D eigenvalue weighted by atomic mass is 9.94. The molecular formula is C14H28N2O2S. The fourth-order valence-corrected chi connectivity index (χ4v) is 3.39. The summed E-state index contributed by atoms with van der Waals surface area (Å²) >= 11 is 1.90. The van der Waals surface area contributed by atoms with Crippen LogP contribution in [0.25, 0.3) is 0 Å². The van der Waals surface area contributed by atoms with E-state index in [0.717, 1.165) is 19.3 Å². The van der Waals surface area contributed by atoms with Gasteiger partial charge in [0.1, 0.15) is 0 Å². The van der Waals surface area contributed by atoms with Gasteiger partial charge < -0.3 is 15.7 Å². The van der Waals surface area contributed by atoms with Crippen LogP contribution in [0.15, 0.2) is 0 Å². The van der Waals surface area contributed by atoms with E-state index in [4.69, 9.17) is 5.11 Å². The maximum atomic E-state index is 12.0. The van der Waals surface area contributed by atoms with Crippen molar-refractivity contribution in [2.75, 3.05) is 12.9 Å². The molecule has 0 aromatic heterocycles. The number of aliphatic hydroxyl groups is 1. The van der Waals surface area contributed by atoms with Gasteiger partial charge >= 0.3 is 6.03 Å². The summed E-state index contributed by atoms with van der Waals surface area (Å²) in [5, 5.41) is 15.8. The van der Waals surface area contributed by atoms with Gasteiger partial charge in [0.05, 0.1) is 0 Å². The molecule has 112 valence electrons. The van der Waals surface area contributed by atoms with Gasteiger partial charge in [-0.05, 0) is 45.3 Å². The SMILES string of the molecule is CCC(C)(CCO)NC(=O)NC1CCCC(SC)C1. The largest absolute Gasteiger partial charge is 0.396 e. The normalized spacial score (nSPS) is 26.5. The van der Waals surface area contributed by atoms with Gasteiger partial charge in [0, 0.05) is 23.4 Å². The van der Waals surface area contributed by atoms with Crippen molar-refractivity contribution in [2.45, 2.75) is 69.2 Å². The lowest BCUT2D eigenvalue weighted by Gasteiger charge is -2.32. The quantitative estimate of drug-likeness (QED) is 0.704. The first-order valence-electron chi connectivity index (χ1n) is 7.25. The van der Waals surface area contributed by atoms with E-state index < -0.39 is 0 Å². The number of hydrogen-bond donors (Lipinski definition) is 3. The summed E-state index contributed by atoms with van der Waals surface area (Å²) in [6, 6.07) is 0.200. The lowest BCUT2D eigenvalue weighted by Crippen LogP contribution is -2.53. The molecule has 4 nitrogen and oxygen atoms in total. The maximum Gasteiger partial charge on any atom is 0.315 e. The second kappa shape index (κ2) is 8.00. The first-order valence-corrected chi connectivity index (χ1v) is 8.54. The van der Waals surface area contributed by atoms with E-state index in [1.165, 1.54) is 12.8 Å². The third-order valence-electron chi connectivity index (χ3n) is 4.15. The molecule has 1 fully saturated rings. The standard InChI is InChI=1S/C14H28N2O2S/c1-4-14(2,8-9-17)16-13(18)15-11-6-5-7-12(10-11)19-3/h11-12,17H,4-10H2,1-3H3,(H2,15,16,18). The average Bonchev–Trinajstić information content (AvgIpc) is 2.39. The fourth-order valence-electron chi connectivity index (χ4n) is 2.56. The minimum Gasteiger partial charge on any atom is -0.396 e. The Bertz CT molecular complexity index is 289. The molecular weight excluding hydrogens is 260 g/mol. The first kappa shape index (κ1) is 16.6. The Morgan fingerprint density at radius 1 is 1.47 bits per heavy atom. The number of hydrogen-bond acceptors (Lipinski definition) is 3. The number of carbonyl (C=O) groups excluding carboxylic acids is 1. The van der Waals surface area contributed by atoms with E-state index in [9.17, 15) is 4.79 Å². The van der Waals surface area contributed by atoms with Crippen LogP contribution < -0.4 is 10.6 Å². The average molecular weight is 288 g/mol. The smallest absolute Gasteiger partial charge is 0.315 e. The molecule has 0 aliphatic heterocycles. The van der Waals surface area contributed by atoms with E-state index in [2.05, 4.69) is 16.9 Å². The Morgan fingerprint density at radius 3 is 2.79 bits per heavy atom. The number of carbonyl (C=O) groups is 1. The molecule has 2 amide bonds. The molecule has 3 atom stereocenters. The van der Waals surface area contributed by atoms with Crippen LogP contribution in [-0.4, -0.2) is 40.8 Å². The summed E-state index contributed by atoms with van der Waals surface area (Å²) in [6.07, 6.45) is 8.15. The lowest BCUT2D eigenvalue weighted by molar-refractivity contribution is 0.196. The minimum absolute atomic E-state index is 0.0930. The molecule has 1 rings (SSSR count). The van der Waals surface area contributed by atoms with Crippen molar-refractivity contribution in [1.82, 2.24) is 10.6 Å². The predicted molar refractivity (Wildman–Crippen MR) is 81.6 cm³/mol. The van der Waals surface area contributed by atoms with Crippen molar-refractivity contribution in [3.05, 3.63) is 0 Å². The molecule has 0 aromatic carbocycles. The third-order valence-corrected chi connectivity index (χ3v) is 5.25. The minimum atomic E-state index is -0.313. The molecule has 5 heteroatoms. The Labute approximate surface area is 121 Å². The Hall–Kier alpha value is -0.420. The summed E-state index contributed by atoms with van der Waals surface area (Å²) in [6.45, 7) is 4.11. The Balaban J connectivity index is 2.41. The number of thioether (sulfide) groups is 1. The molecule has 19 heavy (non-hydrogen) atoms. The van der Waals surface area contributed by atoms with E-state index in [1.54, 1.807) is 0 Å². The van der Waals surface area contributed by atoms with Crippen LogP contribution in [0.5, 0.6) is 0 Å². The molecule has 0 bridgehead atoms. The molecule has 3 N–H and O–H groups in total. The molecule has 0 heterocycles. The van der Waals surface area contributed by atoms with Crippen LogP contribution in [0.2, 0.25) is 0 Å². The van der Waals surface area contributed by atoms with Gasteiger partial charge in [0.25, 0.3) is 0 Å². The zero-order valence-electron chi connectivity index (χ0n) is 12.4. The molecule has 3 unspecified atom stereocenters. The highest BCUT2D eigenvalue weighted by Crippen LogP contribution is 2.26. The number of urea groups is 1. The Morgan fingerprint density at radius 2 is 2.21 bits per heavy atom. The van der Waals surface area contributed by atoms with Crippen LogP contribution in [0.4, 0.5) is 4.79 Å². The van der Waals surface area contributed by atoms with E-state index in [-0.39, 0.29) is 18.2 Å². The summed E-state index contributed by atoms with van der Waals surface area (Å²) in [4.78, 5) is 12.0. The molecule has 0 spiro atoms. The van der Waals surface area contributed by atoms with E-state index in [0.29, 0.717) is 17.7 Å². The van der Waals surface area contributed by atoms with Gasteiger partial charge in [0.15, 0.2) is 0 Å². The van der Waals surface area contributed by atoms with Gasteiger partial charge in [0.2, 0.25) is 0 Å². The molecule has 0 aromatic rings. The van der Waals surface area contributed by atoms with Gasteiger partial charge in [-0.1, -0.05) is 13.3 Å². The molecule has 1 saturated carbocycles. The molecule has 0 radical (unpaired) electrons. The Kier molecular flexibility index (Phi) is 7.00. The number of amides is 2. The molecule has 0 saturated heterocycles. The topological polar surface area (TPSA) is 61.4 Å². The highest BCUT2D eigenvalue weighted by Gasteiger charge is 2.26. The van der Waals surface area contributed by atoms with Crippen LogP contribution in [0, 0.1) is 0 Å². The summed E-state index contributed by atoms with van der Waals surface area (Å²) < 4.78 is 0. The van der Waals surface area contributed by atoms with Crippen molar-refractivity contribution >= 4 is 17.8 Å². The number of rotatable bonds is 6. The highest BCUT2D eigenvalue weighted by molar-refractivity contribution is 7.99. The van der Waals surface area contributed by atoms with Crippen LogP contribution in [0.3, 0.4) is 0 Å². The molecule has 1 aliphatic rings. The van der Waals surface area contributed by atoms with Crippen LogP contribution in [0.1, 0.15) is 52.4 Å². The number of nitrogens with one attached hydrogen (secondary N) is 2. The fraction of sp³-hybridized carbons (Fsp3) is 0.929. The van der Waals surface area contributed by atoms with Crippen LogP contribution >= 0.6 is 11.8 Å². The monoisotopic (exact) mass is 288 g/mol. The van der Waals surface area contributed by atoms with Crippen molar-refractivity contribution in [3.63, 3.8) is 0 Å². The van der Waals surface area contributed by atoms with Crippen molar-refractivity contribution in [1.29, 1.82) is 0 Å². The number of aliphatic hydroxyl groups excluding tert-OH is 1. The summed E-state index contributed by atoms with van der Waals surface area (Å²) in [7, 11) is 0. The first-order chi connectivity index (χ1) is 9.03. The van der Waals surface area contributed by atoms with Gasteiger partial charge in [-0.2, -0.15) is 11.8 Å². The zero-order valence-corrected chi connectivity index (χ0v) is 13.2. The third kappa shape index (κ3) is 5.61. The van der Waals surface area contributed by atoms with E-state index in [1.807, 2.05) is 25.6 Å². The van der Waals surface area contributed by atoms with Crippen LogP contribution in [-0.2, 0) is 0 Å². The maximum absolute atomic E-state index is 12.0. The molecule has 1 aliphatic carbocycles. The van der Waals surface area contributed by atoms with Gasteiger partial charge in [-0.3, -0.25) is 0 Å². The van der Waals surface area contributed by atoms with Crippen molar-refractivity contribution < 1.29 is 9.90 Å². The second-order valence-electron chi connectivity index (χ2n) is 5.71. The summed E-state index contributed by atoms with van der Waals surface area (Å²) in [5.74, 6) is 0. The second-order valence-corrected chi connectivity index (χ2v) is 6.85. The highest BCUT2D eigenvalue weighted by atomic mass is 32.2. The van der Waals surface area contributed by atoms with Crippen molar-refractivity contribution in [3.8, 4) is 0 Å². The van der Waals surface area contributed by atoms with Crippen molar-refractivity contribution in [2.24, 2.45) is 0 Å².